The normalized spacial score (nSPS) is 16.5. The van der Waals surface area contributed by atoms with Gasteiger partial charge < -0.3 is 5.32 Å². The molecule has 1 aliphatic rings. The predicted molar refractivity (Wildman–Crippen MR) is 112 cm³/mol. The van der Waals surface area contributed by atoms with Crippen LogP contribution in [0.3, 0.4) is 0 Å². The first kappa shape index (κ1) is 20.6. The highest BCUT2D eigenvalue weighted by atomic mass is 32.2. The van der Waals surface area contributed by atoms with Crippen LogP contribution in [-0.4, -0.2) is 31.7 Å². The number of hydrogen-bond acceptors (Lipinski definition) is 3. The average molecular weight is 401 g/mol. The van der Waals surface area contributed by atoms with Crippen molar-refractivity contribution in [2.45, 2.75) is 44.9 Å². The van der Waals surface area contributed by atoms with Gasteiger partial charge in [0, 0.05) is 18.7 Å². The maximum absolute atomic E-state index is 12.5. The minimum atomic E-state index is -3.30. The topological polar surface area (TPSA) is 66.5 Å². The number of nitrogens with one attached hydrogen (secondary N) is 1. The van der Waals surface area contributed by atoms with Crippen molar-refractivity contribution in [3.05, 3.63) is 70.8 Å². The lowest BCUT2D eigenvalue weighted by molar-refractivity contribution is 0.0940. The van der Waals surface area contributed by atoms with Crippen molar-refractivity contribution in [1.29, 1.82) is 0 Å². The molecule has 0 unspecified atom stereocenters. The lowest BCUT2D eigenvalue weighted by Crippen LogP contribution is -2.36. The van der Waals surface area contributed by atoms with Crippen molar-refractivity contribution < 1.29 is 13.2 Å². The van der Waals surface area contributed by atoms with E-state index in [1.165, 1.54) is 5.56 Å². The van der Waals surface area contributed by atoms with Gasteiger partial charge in [-0.25, -0.2) is 12.7 Å². The Balaban J connectivity index is 1.61. The van der Waals surface area contributed by atoms with Gasteiger partial charge in [-0.1, -0.05) is 48.4 Å². The molecule has 150 valence electrons. The summed E-state index contributed by atoms with van der Waals surface area (Å²) in [5, 5.41) is 2.99. The summed E-state index contributed by atoms with van der Waals surface area (Å²) in [4.78, 5) is 12.5. The molecule has 0 spiro atoms. The number of amides is 1. The van der Waals surface area contributed by atoms with Crippen LogP contribution >= 0.6 is 0 Å². The fourth-order valence-corrected chi connectivity index (χ4v) is 5.03. The molecule has 2 aromatic rings. The number of rotatable bonds is 6. The van der Waals surface area contributed by atoms with Gasteiger partial charge in [0.25, 0.3) is 5.91 Å². The van der Waals surface area contributed by atoms with Crippen LogP contribution in [0.15, 0.2) is 48.5 Å². The molecule has 1 fully saturated rings. The number of carbonyl (C=O) groups excluding carboxylic acids is 1. The Morgan fingerprint density at radius 2 is 1.61 bits per heavy atom. The zero-order chi connectivity index (χ0) is 20.1. The number of benzene rings is 2. The van der Waals surface area contributed by atoms with Crippen molar-refractivity contribution in [3.8, 4) is 0 Å². The smallest absolute Gasteiger partial charge is 0.251 e. The van der Waals surface area contributed by atoms with E-state index in [9.17, 15) is 13.2 Å². The highest BCUT2D eigenvalue weighted by molar-refractivity contribution is 7.88. The lowest BCUT2D eigenvalue weighted by Gasteiger charge is -2.25. The molecule has 1 aliphatic heterocycles. The van der Waals surface area contributed by atoms with Crippen molar-refractivity contribution in [2.75, 3.05) is 13.1 Å². The third kappa shape index (κ3) is 5.20. The van der Waals surface area contributed by atoms with Crippen molar-refractivity contribution in [2.24, 2.45) is 0 Å². The molecule has 2 aromatic carbocycles. The molecule has 3 rings (SSSR count). The Bertz CT molecular complexity index is 900. The van der Waals surface area contributed by atoms with Crippen LogP contribution in [-0.2, 0) is 15.8 Å². The first-order valence-electron chi connectivity index (χ1n) is 9.79. The van der Waals surface area contributed by atoms with Crippen LogP contribution in [0.5, 0.6) is 0 Å². The van der Waals surface area contributed by atoms with Crippen molar-refractivity contribution in [1.82, 2.24) is 9.62 Å². The van der Waals surface area contributed by atoms with Gasteiger partial charge >= 0.3 is 0 Å². The van der Waals surface area contributed by atoms with E-state index in [1.807, 2.05) is 38.1 Å². The van der Waals surface area contributed by atoms with E-state index in [2.05, 4.69) is 5.32 Å². The van der Waals surface area contributed by atoms with E-state index < -0.39 is 10.0 Å². The summed E-state index contributed by atoms with van der Waals surface area (Å²) < 4.78 is 26.7. The summed E-state index contributed by atoms with van der Waals surface area (Å²) in [5.41, 5.74) is 3.45. The van der Waals surface area contributed by atoms with Gasteiger partial charge in [-0.05, 0) is 49.9 Å². The largest absolute Gasteiger partial charge is 0.346 e. The molecule has 1 heterocycles. The van der Waals surface area contributed by atoms with Gasteiger partial charge in [-0.15, -0.1) is 0 Å². The van der Waals surface area contributed by atoms with Crippen LogP contribution in [0, 0.1) is 6.92 Å². The molecule has 0 bridgehead atoms. The summed E-state index contributed by atoms with van der Waals surface area (Å²) >= 11 is 0. The standard InChI is InChI=1S/C22H28N2O3S/c1-17-6-10-20(11-7-17)18(2)23-22(25)21-12-8-19(9-13-21)16-28(26,27)24-14-4-3-5-15-24/h6-13,18H,3-5,14-16H2,1-2H3,(H,23,25)/t18-/m0/s1. The van der Waals surface area contributed by atoms with Gasteiger partial charge in [0.15, 0.2) is 0 Å². The van der Waals surface area contributed by atoms with Crippen molar-refractivity contribution in [3.63, 3.8) is 0 Å². The summed E-state index contributed by atoms with van der Waals surface area (Å²) in [5.74, 6) is -0.187. The van der Waals surface area contributed by atoms with Crippen LogP contribution in [0.25, 0.3) is 0 Å². The van der Waals surface area contributed by atoms with Crippen LogP contribution in [0.4, 0.5) is 0 Å². The fraction of sp³-hybridized carbons (Fsp3) is 0.409. The molecule has 1 atom stereocenters. The van der Waals surface area contributed by atoms with Crippen LogP contribution in [0.1, 0.15) is 59.3 Å². The molecule has 1 N–H and O–H groups in total. The summed E-state index contributed by atoms with van der Waals surface area (Å²) in [6.07, 6.45) is 2.95. The Morgan fingerprint density at radius 3 is 2.21 bits per heavy atom. The molecule has 0 aromatic heterocycles. The molecule has 0 aliphatic carbocycles. The number of nitrogens with zero attached hydrogens (tertiary/aromatic N) is 1. The fourth-order valence-electron chi connectivity index (χ4n) is 3.42. The predicted octanol–water partition coefficient (Wildman–Crippen LogP) is 3.80. The third-order valence-corrected chi connectivity index (χ3v) is 7.05. The number of piperidine rings is 1. The zero-order valence-electron chi connectivity index (χ0n) is 16.5. The Kier molecular flexibility index (Phi) is 6.52. The number of aryl methyl sites for hydroxylation is 1. The number of hydrogen-bond donors (Lipinski definition) is 1. The second-order valence-electron chi connectivity index (χ2n) is 7.52. The summed E-state index contributed by atoms with van der Waals surface area (Å²) in [6, 6.07) is 14.8. The van der Waals surface area contributed by atoms with Gasteiger partial charge in [-0.2, -0.15) is 0 Å². The summed E-state index contributed by atoms with van der Waals surface area (Å²) in [6.45, 7) is 5.20. The van der Waals surface area contributed by atoms with Gasteiger partial charge in [0.2, 0.25) is 10.0 Å². The first-order valence-corrected chi connectivity index (χ1v) is 11.4. The third-order valence-electron chi connectivity index (χ3n) is 5.20. The minimum Gasteiger partial charge on any atom is -0.346 e. The van der Waals surface area contributed by atoms with E-state index in [0.717, 1.165) is 24.8 Å². The molecular formula is C22H28N2O3S. The molecule has 1 amide bonds. The highest BCUT2D eigenvalue weighted by Crippen LogP contribution is 2.18. The first-order chi connectivity index (χ1) is 13.3. The summed E-state index contributed by atoms with van der Waals surface area (Å²) in [7, 11) is -3.30. The van der Waals surface area contributed by atoms with E-state index in [-0.39, 0.29) is 17.7 Å². The molecular weight excluding hydrogens is 372 g/mol. The zero-order valence-corrected chi connectivity index (χ0v) is 17.3. The van der Waals surface area contributed by atoms with E-state index in [0.29, 0.717) is 24.2 Å². The maximum Gasteiger partial charge on any atom is 0.251 e. The van der Waals surface area contributed by atoms with Gasteiger partial charge in [-0.3, -0.25) is 4.79 Å². The maximum atomic E-state index is 12.5. The highest BCUT2D eigenvalue weighted by Gasteiger charge is 2.24. The number of carbonyl (C=O) groups is 1. The second-order valence-corrected chi connectivity index (χ2v) is 9.49. The second kappa shape index (κ2) is 8.88. The van der Waals surface area contributed by atoms with E-state index >= 15 is 0 Å². The van der Waals surface area contributed by atoms with Gasteiger partial charge in [0.1, 0.15) is 0 Å². The molecule has 0 radical (unpaired) electrons. The SMILES string of the molecule is Cc1ccc([C@H](C)NC(=O)c2ccc(CS(=O)(=O)N3CCCCC3)cc2)cc1. The van der Waals surface area contributed by atoms with E-state index in [1.54, 1.807) is 28.6 Å². The van der Waals surface area contributed by atoms with Crippen molar-refractivity contribution >= 4 is 15.9 Å². The Hall–Kier alpha value is -2.18. The molecule has 6 heteroatoms. The van der Waals surface area contributed by atoms with Gasteiger partial charge in [0.05, 0.1) is 11.8 Å². The molecule has 28 heavy (non-hydrogen) atoms. The van der Waals surface area contributed by atoms with E-state index in [4.69, 9.17) is 0 Å². The van der Waals surface area contributed by atoms with Crippen LogP contribution in [0.2, 0.25) is 0 Å². The molecule has 0 saturated carbocycles. The average Bonchev–Trinajstić information content (AvgIpc) is 2.69. The Labute approximate surface area is 167 Å². The minimum absolute atomic E-state index is 0.0192. The quantitative estimate of drug-likeness (QED) is 0.802. The lowest BCUT2D eigenvalue weighted by atomic mass is 10.1. The molecule has 5 nitrogen and oxygen atoms in total. The molecule has 1 saturated heterocycles. The Morgan fingerprint density at radius 1 is 1.00 bits per heavy atom. The monoisotopic (exact) mass is 400 g/mol. The number of sulfonamides is 1. The van der Waals surface area contributed by atoms with Crippen LogP contribution < -0.4 is 5.32 Å².